The van der Waals surface area contributed by atoms with Crippen molar-refractivity contribution in [2.75, 3.05) is 0 Å². The Balaban J connectivity index is 2.11. The number of halogens is 1. The summed E-state index contributed by atoms with van der Waals surface area (Å²) in [7, 11) is 0. The van der Waals surface area contributed by atoms with Crippen LogP contribution in [0.4, 0.5) is 0 Å². The lowest BCUT2D eigenvalue weighted by molar-refractivity contribution is 0.221. The number of allylic oxidation sites excluding steroid dienone is 1. The first-order valence-corrected chi connectivity index (χ1v) is 7.98. The summed E-state index contributed by atoms with van der Waals surface area (Å²) < 4.78 is 0.805. The van der Waals surface area contributed by atoms with Crippen LogP contribution in [-0.2, 0) is 6.54 Å². The molecule has 1 aromatic carbocycles. The highest BCUT2D eigenvalue weighted by Gasteiger charge is 2.35. The molecular formula is C17H17ClN2S. The van der Waals surface area contributed by atoms with Crippen molar-refractivity contribution in [3.63, 3.8) is 0 Å². The molecule has 3 rings (SSSR count). The van der Waals surface area contributed by atoms with Crippen molar-refractivity contribution in [3.8, 4) is 0 Å². The molecule has 0 aliphatic carbocycles. The van der Waals surface area contributed by atoms with Crippen molar-refractivity contribution in [1.29, 1.82) is 0 Å². The van der Waals surface area contributed by atoms with E-state index in [1.807, 2.05) is 24.3 Å². The zero-order valence-corrected chi connectivity index (χ0v) is 13.2. The fourth-order valence-electron chi connectivity index (χ4n) is 2.87. The zero-order chi connectivity index (χ0) is 15.0. The van der Waals surface area contributed by atoms with Crippen LogP contribution in [0.5, 0.6) is 0 Å². The average molecular weight is 317 g/mol. The molecule has 2 nitrogen and oxygen atoms in total. The van der Waals surface area contributed by atoms with E-state index in [4.69, 9.17) is 17.3 Å². The maximum atomic E-state index is 6.53. The van der Waals surface area contributed by atoms with Gasteiger partial charge >= 0.3 is 0 Å². The van der Waals surface area contributed by atoms with Crippen molar-refractivity contribution in [2.45, 2.75) is 18.6 Å². The monoisotopic (exact) mass is 316 g/mol. The highest BCUT2D eigenvalue weighted by atomic mass is 35.5. The van der Waals surface area contributed by atoms with Crippen LogP contribution in [-0.4, -0.2) is 11.1 Å². The summed E-state index contributed by atoms with van der Waals surface area (Å²) in [6, 6.07) is 12.4. The van der Waals surface area contributed by atoms with Gasteiger partial charge in [0.05, 0.1) is 17.0 Å². The van der Waals surface area contributed by atoms with Crippen molar-refractivity contribution in [1.82, 2.24) is 4.90 Å². The van der Waals surface area contributed by atoms with Crippen molar-refractivity contribution in [2.24, 2.45) is 5.73 Å². The van der Waals surface area contributed by atoms with Crippen LogP contribution in [0.15, 0.2) is 61.3 Å². The van der Waals surface area contributed by atoms with E-state index >= 15 is 0 Å². The van der Waals surface area contributed by atoms with Gasteiger partial charge in [-0.25, -0.2) is 0 Å². The molecule has 21 heavy (non-hydrogen) atoms. The number of thiophene rings is 1. The minimum Gasteiger partial charge on any atom is -0.351 e. The SMILES string of the molecule is C=CC(=C)N1Cc2sc(Cl)cc2C(c2ccccc2)C1N. The second-order valence-corrected chi connectivity index (χ2v) is 6.90. The smallest absolute Gasteiger partial charge is 0.0935 e. The standard InChI is InChI=1S/C17H17ClN2S/c1-3-11(2)20-10-14-13(9-15(18)21-14)16(17(20)19)12-7-5-4-6-8-12/h3-9,16-17H,1-2,10,19H2. The highest BCUT2D eigenvalue weighted by molar-refractivity contribution is 7.16. The Kier molecular flexibility index (Phi) is 3.89. The van der Waals surface area contributed by atoms with Crippen LogP contribution in [0.3, 0.4) is 0 Å². The van der Waals surface area contributed by atoms with Crippen LogP contribution >= 0.6 is 22.9 Å². The summed E-state index contributed by atoms with van der Waals surface area (Å²) in [5, 5.41) is 0. The van der Waals surface area contributed by atoms with Gasteiger partial charge in [-0.05, 0) is 23.3 Å². The summed E-state index contributed by atoms with van der Waals surface area (Å²) in [5.74, 6) is 0.0930. The molecule has 1 aliphatic rings. The van der Waals surface area contributed by atoms with E-state index in [0.29, 0.717) is 0 Å². The molecule has 0 spiro atoms. The first kappa shape index (κ1) is 14.4. The summed E-state index contributed by atoms with van der Waals surface area (Å²) in [5.41, 5.74) is 9.81. The third kappa shape index (κ3) is 2.53. The van der Waals surface area contributed by atoms with E-state index in [2.05, 4.69) is 30.2 Å². The number of rotatable bonds is 3. The maximum absolute atomic E-state index is 6.53. The number of nitrogens with two attached hydrogens (primary N) is 1. The Morgan fingerprint density at radius 2 is 2.10 bits per heavy atom. The van der Waals surface area contributed by atoms with Crippen LogP contribution in [0.25, 0.3) is 0 Å². The average Bonchev–Trinajstić information content (AvgIpc) is 2.86. The minimum absolute atomic E-state index is 0.0930. The molecule has 1 aliphatic heterocycles. The second kappa shape index (κ2) is 5.68. The maximum Gasteiger partial charge on any atom is 0.0935 e. The van der Waals surface area contributed by atoms with E-state index in [0.717, 1.165) is 16.6 Å². The molecule has 0 fully saturated rings. The Bertz CT molecular complexity index is 677. The number of nitrogens with zero attached hydrogens (tertiary/aromatic N) is 1. The fraction of sp³-hybridized carbons (Fsp3) is 0.176. The Labute approximate surface area is 134 Å². The topological polar surface area (TPSA) is 29.3 Å². The summed E-state index contributed by atoms with van der Waals surface area (Å²) in [6.07, 6.45) is 1.58. The van der Waals surface area contributed by atoms with Crippen LogP contribution < -0.4 is 5.73 Å². The van der Waals surface area contributed by atoms with Gasteiger partial charge in [0.1, 0.15) is 0 Å². The van der Waals surface area contributed by atoms with Crippen molar-refractivity contribution < 1.29 is 0 Å². The first-order valence-electron chi connectivity index (χ1n) is 6.78. The summed E-state index contributed by atoms with van der Waals surface area (Å²) in [6.45, 7) is 8.60. The second-order valence-electron chi connectivity index (χ2n) is 5.13. The van der Waals surface area contributed by atoms with Crippen LogP contribution in [0.1, 0.15) is 21.9 Å². The lowest BCUT2D eigenvalue weighted by Gasteiger charge is -2.41. The van der Waals surface area contributed by atoms with E-state index in [1.54, 1.807) is 17.4 Å². The van der Waals surface area contributed by atoms with E-state index in [9.17, 15) is 0 Å². The van der Waals surface area contributed by atoms with Crippen molar-refractivity contribution >= 4 is 22.9 Å². The largest absolute Gasteiger partial charge is 0.351 e. The Morgan fingerprint density at radius 1 is 1.38 bits per heavy atom. The molecule has 0 amide bonds. The normalized spacial score (nSPS) is 21.0. The predicted molar refractivity (Wildman–Crippen MR) is 90.5 cm³/mol. The highest BCUT2D eigenvalue weighted by Crippen LogP contribution is 2.42. The van der Waals surface area contributed by atoms with E-state index < -0.39 is 0 Å². The van der Waals surface area contributed by atoms with Gasteiger partial charge in [0.2, 0.25) is 0 Å². The van der Waals surface area contributed by atoms with Gasteiger partial charge in [0, 0.05) is 16.5 Å². The lowest BCUT2D eigenvalue weighted by Crippen LogP contribution is -2.47. The molecule has 1 aromatic heterocycles. The molecule has 0 saturated carbocycles. The molecule has 0 saturated heterocycles. The van der Waals surface area contributed by atoms with Gasteiger partial charge in [-0.15, -0.1) is 11.3 Å². The molecule has 2 unspecified atom stereocenters. The molecule has 4 heteroatoms. The third-order valence-corrected chi connectivity index (χ3v) is 5.19. The molecular weight excluding hydrogens is 300 g/mol. The molecule has 2 atom stereocenters. The number of fused-ring (bicyclic) bond motifs is 1. The number of hydrogen-bond acceptors (Lipinski definition) is 3. The van der Waals surface area contributed by atoms with Gasteiger partial charge in [-0.1, -0.05) is 55.1 Å². The van der Waals surface area contributed by atoms with Crippen molar-refractivity contribution in [3.05, 3.63) is 81.7 Å². The fourth-order valence-corrected chi connectivity index (χ4v) is 4.19. The predicted octanol–water partition coefficient (Wildman–Crippen LogP) is 4.33. The van der Waals surface area contributed by atoms with E-state index in [1.165, 1.54) is 16.0 Å². The minimum atomic E-state index is -0.170. The Hall–Kier alpha value is -1.55. The molecule has 108 valence electrons. The van der Waals surface area contributed by atoms with E-state index in [-0.39, 0.29) is 12.1 Å². The third-order valence-electron chi connectivity index (χ3n) is 3.93. The van der Waals surface area contributed by atoms with Gasteiger partial charge in [-0.2, -0.15) is 0 Å². The lowest BCUT2D eigenvalue weighted by atomic mass is 9.85. The van der Waals surface area contributed by atoms with Crippen LogP contribution in [0, 0.1) is 0 Å². The number of benzene rings is 1. The summed E-state index contributed by atoms with van der Waals surface area (Å²) >= 11 is 7.84. The van der Waals surface area contributed by atoms with Gasteiger partial charge in [0.25, 0.3) is 0 Å². The molecule has 0 bridgehead atoms. The first-order chi connectivity index (χ1) is 10.1. The van der Waals surface area contributed by atoms with Crippen LogP contribution in [0.2, 0.25) is 4.34 Å². The Morgan fingerprint density at radius 3 is 2.76 bits per heavy atom. The molecule has 2 heterocycles. The van der Waals surface area contributed by atoms with Gasteiger partial charge in [0.15, 0.2) is 0 Å². The molecule has 2 aromatic rings. The quantitative estimate of drug-likeness (QED) is 0.854. The zero-order valence-electron chi connectivity index (χ0n) is 11.6. The number of hydrogen-bond donors (Lipinski definition) is 1. The van der Waals surface area contributed by atoms with Gasteiger partial charge in [-0.3, -0.25) is 0 Å². The molecule has 0 radical (unpaired) electrons. The molecule has 2 N–H and O–H groups in total. The van der Waals surface area contributed by atoms with Gasteiger partial charge < -0.3 is 10.6 Å². The summed E-state index contributed by atoms with van der Waals surface area (Å²) in [4.78, 5) is 3.35.